The minimum absolute atomic E-state index is 0.0294. The predicted octanol–water partition coefficient (Wildman–Crippen LogP) is 2.85. The molecule has 1 rings (SSSR count). The summed E-state index contributed by atoms with van der Waals surface area (Å²) in [4.78, 5) is 11.5. The molecule has 0 unspecified atom stereocenters. The molecule has 0 radical (unpaired) electrons. The van der Waals surface area contributed by atoms with Gasteiger partial charge in [0.25, 0.3) is 0 Å². The normalized spacial score (nSPS) is 12.3. The van der Waals surface area contributed by atoms with Crippen molar-refractivity contribution < 1.29 is 22.4 Å². The lowest BCUT2D eigenvalue weighted by atomic mass is 10.1. The van der Waals surface area contributed by atoms with Crippen molar-refractivity contribution in [3.8, 4) is 0 Å². The van der Waals surface area contributed by atoms with E-state index in [0.717, 1.165) is 12.1 Å². The molecule has 0 aliphatic rings. The summed E-state index contributed by atoms with van der Waals surface area (Å²) < 4.78 is 50.8. The third-order valence-electron chi connectivity index (χ3n) is 2.41. The van der Waals surface area contributed by atoms with Gasteiger partial charge < -0.3 is 10.6 Å². The van der Waals surface area contributed by atoms with Crippen molar-refractivity contribution >= 4 is 5.91 Å². The summed E-state index contributed by atoms with van der Waals surface area (Å²) >= 11 is 0. The third kappa shape index (κ3) is 6.57. The molecule has 0 saturated heterocycles. The number of rotatable bonds is 4. The highest BCUT2D eigenvalue weighted by atomic mass is 19.4. The molecule has 0 fully saturated rings. The molecular formula is C14H18F4N2O. The highest BCUT2D eigenvalue weighted by Gasteiger charge is 2.31. The van der Waals surface area contributed by atoms with Gasteiger partial charge in [-0.1, -0.05) is 0 Å². The second-order valence-corrected chi connectivity index (χ2v) is 5.75. The van der Waals surface area contributed by atoms with Gasteiger partial charge in [0.05, 0.1) is 12.1 Å². The Morgan fingerprint density at radius 1 is 1.14 bits per heavy atom. The van der Waals surface area contributed by atoms with Gasteiger partial charge in [-0.25, -0.2) is 4.39 Å². The molecule has 0 saturated carbocycles. The second-order valence-electron chi connectivity index (χ2n) is 5.75. The quantitative estimate of drug-likeness (QED) is 0.840. The molecule has 0 bridgehead atoms. The molecule has 0 aromatic heterocycles. The Morgan fingerprint density at radius 2 is 1.76 bits per heavy atom. The first kappa shape index (κ1) is 17.4. The Labute approximate surface area is 120 Å². The Morgan fingerprint density at radius 3 is 2.29 bits per heavy atom. The monoisotopic (exact) mass is 306 g/mol. The summed E-state index contributed by atoms with van der Waals surface area (Å²) in [6.45, 7) is 5.35. The van der Waals surface area contributed by atoms with Crippen molar-refractivity contribution in [2.45, 2.75) is 39.0 Å². The van der Waals surface area contributed by atoms with Gasteiger partial charge in [-0.15, -0.1) is 0 Å². The van der Waals surface area contributed by atoms with Gasteiger partial charge in [0.1, 0.15) is 5.82 Å². The van der Waals surface area contributed by atoms with Crippen LogP contribution in [0.2, 0.25) is 0 Å². The number of hydrogen-bond donors (Lipinski definition) is 2. The maximum Gasteiger partial charge on any atom is 0.416 e. The average Bonchev–Trinajstić information content (AvgIpc) is 2.24. The van der Waals surface area contributed by atoms with Crippen LogP contribution in [-0.4, -0.2) is 18.0 Å². The number of alkyl halides is 3. The maximum atomic E-state index is 13.2. The topological polar surface area (TPSA) is 41.1 Å². The molecule has 1 amide bonds. The Bertz CT molecular complexity index is 507. The number of hydrogen-bond acceptors (Lipinski definition) is 2. The summed E-state index contributed by atoms with van der Waals surface area (Å²) in [6.07, 6.45) is -4.60. The Kier molecular flexibility index (Phi) is 5.33. The lowest BCUT2D eigenvalue weighted by Gasteiger charge is -2.20. The smallest absolute Gasteiger partial charge is 0.350 e. The third-order valence-corrected chi connectivity index (χ3v) is 2.41. The summed E-state index contributed by atoms with van der Waals surface area (Å²) in [7, 11) is 0. The zero-order chi connectivity index (χ0) is 16.3. The highest BCUT2D eigenvalue weighted by Crippen LogP contribution is 2.30. The van der Waals surface area contributed by atoms with Crippen LogP contribution in [0.1, 0.15) is 31.9 Å². The van der Waals surface area contributed by atoms with Crippen molar-refractivity contribution in [1.82, 2.24) is 10.6 Å². The second kappa shape index (κ2) is 6.43. The highest BCUT2D eigenvalue weighted by molar-refractivity contribution is 5.78. The minimum Gasteiger partial charge on any atom is -0.350 e. The molecule has 0 aliphatic carbocycles. The standard InChI is InChI=1S/C14H18F4N2O/c1-13(2,3)20-12(21)8-19-7-9-4-10(14(16,17)18)6-11(15)5-9/h4-6,19H,7-8H2,1-3H3,(H,20,21). The molecule has 0 heterocycles. The van der Waals surface area contributed by atoms with E-state index in [4.69, 9.17) is 0 Å². The number of halogens is 4. The molecule has 1 aromatic carbocycles. The van der Waals surface area contributed by atoms with E-state index in [1.54, 1.807) is 0 Å². The van der Waals surface area contributed by atoms with Crippen molar-refractivity contribution in [3.05, 3.63) is 35.1 Å². The molecule has 3 nitrogen and oxygen atoms in total. The van der Waals surface area contributed by atoms with E-state index in [1.165, 1.54) is 0 Å². The molecule has 21 heavy (non-hydrogen) atoms. The molecule has 0 spiro atoms. The van der Waals surface area contributed by atoms with Gasteiger partial charge >= 0.3 is 6.18 Å². The number of amides is 1. The van der Waals surface area contributed by atoms with Crippen LogP contribution in [0.3, 0.4) is 0 Å². The van der Waals surface area contributed by atoms with Gasteiger partial charge in [0.15, 0.2) is 0 Å². The van der Waals surface area contributed by atoms with Crippen molar-refractivity contribution in [1.29, 1.82) is 0 Å². The van der Waals surface area contributed by atoms with Crippen LogP contribution in [-0.2, 0) is 17.5 Å². The number of nitrogens with one attached hydrogen (secondary N) is 2. The minimum atomic E-state index is -4.60. The van der Waals surface area contributed by atoms with Crippen LogP contribution in [0.5, 0.6) is 0 Å². The largest absolute Gasteiger partial charge is 0.416 e. The lowest BCUT2D eigenvalue weighted by Crippen LogP contribution is -2.44. The first-order valence-electron chi connectivity index (χ1n) is 6.36. The van der Waals surface area contributed by atoms with Crippen LogP contribution in [0.4, 0.5) is 17.6 Å². The van der Waals surface area contributed by atoms with Gasteiger partial charge in [0.2, 0.25) is 5.91 Å². The summed E-state index contributed by atoms with van der Waals surface area (Å²) in [5.41, 5.74) is -1.30. The van der Waals surface area contributed by atoms with Crippen LogP contribution in [0.25, 0.3) is 0 Å². The van der Waals surface area contributed by atoms with Gasteiger partial charge in [-0.3, -0.25) is 4.79 Å². The van der Waals surface area contributed by atoms with Crippen LogP contribution in [0, 0.1) is 5.82 Å². The Balaban J connectivity index is 2.60. The average molecular weight is 306 g/mol. The molecule has 7 heteroatoms. The fraction of sp³-hybridized carbons (Fsp3) is 0.500. The Hall–Kier alpha value is -1.63. The van der Waals surface area contributed by atoms with E-state index in [0.29, 0.717) is 6.07 Å². The number of benzene rings is 1. The molecule has 118 valence electrons. The van der Waals surface area contributed by atoms with E-state index < -0.39 is 17.6 Å². The SMILES string of the molecule is CC(C)(C)NC(=O)CNCc1cc(F)cc(C(F)(F)F)c1. The van der Waals surface area contributed by atoms with Crippen LogP contribution < -0.4 is 10.6 Å². The fourth-order valence-corrected chi connectivity index (χ4v) is 1.70. The zero-order valence-electron chi connectivity index (χ0n) is 12.1. The molecular weight excluding hydrogens is 288 g/mol. The van der Waals surface area contributed by atoms with Crippen molar-refractivity contribution in [2.24, 2.45) is 0 Å². The summed E-state index contributed by atoms with van der Waals surface area (Å²) in [5, 5.41) is 5.38. The zero-order valence-corrected chi connectivity index (χ0v) is 12.1. The van der Waals surface area contributed by atoms with Gasteiger partial charge in [-0.05, 0) is 44.5 Å². The molecule has 2 N–H and O–H groups in total. The number of carbonyl (C=O) groups excluding carboxylic acids is 1. The van der Waals surface area contributed by atoms with Crippen molar-refractivity contribution in [2.75, 3.05) is 6.54 Å². The summed E-state index contributed by atoms with van der Waals surface area (Å²) in [6, 6.07) is 2.30. The first-order chi connectivity index (χ1) is 9.47. The number of carbonyl (C=O) groups is 1. The fourth-order valence-electron chi connectivity index (χ4n) is 1.70. The maximum absolute atomic E-state index is 13.2. The van der Waals surface area contributed by atoms with Crippen LogP contribution in [0.15, 0.2) is 18.2 Å². The van der Waals surface area contributed by atoms with E-state index >= 15 is 0 Å². The van der Waals surface area contributed by atoms with E-state index in [-0.39, 0.29) is 30.1 Å². The summed E-state index contributed by atoms with van der Waals surface area (Å²) in [5.74, 6) is -1.24. The van der Waals surface area contributed by atoms with Gasteiger partial charge in [-0.2, -0.15) is 13.2 Å². The predicted molar refractivity (Wildman–Crippen MR) is 71.0 cm³/mol. The van der Waals surface area contributed by atoms with E-state index in [2.05, 4.69) is 10.6 Å². The van der Waals surface area contributed by atoms with Gasteiger partial charge in [0, 0.05) is 12.1 Å². The molecule has 0 aliphatic heterocycles. The van der Waals surface area contributed by atoms with E-state index in [1.807, 2.05) is 20.8 Å². The lowest BCUT2D eigenvalue weighted by molar-refractivity contribution is -0.137. The van der Waals surface area contributed by atoms with Crippen molar-refractivity contribution in [3.63, 3.8) is 0 Å². The van der Waals surface area contributed by atoms with E-state index in [9.17, 15) is 22.4 Å². The molecule has 0 atom stereocenters. The molecule has 1 aromatic rings. The first-order valence-corrected chi connectivity index (χ1v) is 6.36. The van der Waals surface area contributed by atoms with Crippen LogP contribution >= 0.6 is 0 Å².